The lowest BCUT2D eigenvalue weighted by molar-refractivity contribution is -0.138. The molecule has 266 valence electrons. The third-order valence-corrected chi connectivity index (χ3v) is 9.32. The first-order valence-electron chi connectivity index (χ1n) is 16.4. The maximum Gasteiger partial charge on any atom is 0.307 e. The minimum atomic E-state index is -1.14. The van der Waals surface area contributed by atoms with Gasteiger partial charge in [-0.15, -0.1) is 0 Å². The van der Waals surface area contributed by atoms with E-state index in [9.17, 15) is 49.5 Å². The highest BCUT2D eigenvalue weighted by molar-refractivity contribution is 5.96. The Balaban J connectivity index is 1.96. The van der Waals surface area contributed by atoms with E-state index in [0.717, 1.165) is 5.57 Å². The zero-order valence-corrected chi connectivity index (χ0v) is 28.3. The first kappa shape index (κ1) is 36.2. The Morgan fingerprint density at radius 3 is 1.37 bits per heavy atom. The smallest absolute Gasteiger partial charge is 0.307 e. The predicted octanol–water partition coefficient (Wildman–Crippen LogP) is 5.88. The Bertz CT molecular complexity index is 2220. The number of aliphatic carboxylic acids is 5. The van der Waals surface area contributed by atoms with Crippen molar-refractivity contribution in [3.63, 3.8) is 0 Å². The van der Waals surface area contributed by atoms with Crippen molar-refractivity contribution in [1.29, 1.82) is 0 Å². The van der Waals surface area contributed by atoms with E-state index in [4.69, 9.17) is 9.97 Å². The number of aromatic amines is 2. The second-order valence-electron chi connectivity index (χ2n) is 12.7. The average molecular weight is 703 g/mol. The van der Waals surface area contributed by atoms with Crippen LogP contribution in [-0.4, -0.2) is 75.3 Å². The highest BCUT2D eigenvalue weighted by Gasteiger charge is 2.24. The Morgan fingerprint density at radius 1 is 0.490 bits per heavy atom. The zero-order chi connectivity index (χ0) is 37.1. The second kappa shape index (κ2) is 14.8. The van der Waals surface area contributed by atoms with Crippen LogP contribution in [-0.2, 0) is 43.2 Å². The molecule has 0 amide bonds. The normalized spacial score (nSPS) is 12.8. The first-order valence-corrected chi connectivity index (χ1v) is 16.4. The lowest BCUT2D eigenvalue weighted by Crippen LogP contribution is -2.04. The monoisotopic (exact) mass is 702 g/mol. The number of nitrogens with one attached hydrogen (secondary N) is 2. The summed E-state index contributed by atoms with van der Waals surface area (Å²) >= 11 is 0. The Kier molecular flexibility index (Phi) is 10.5. The predicted molar refractivity (Wildman–Crippen MR) is 188 cm³/mol. The van der Waals surface area contributed by atoms with Gasteiger partial charge in [-0.25, -0.2) is 9.97 Å². The fourth-order valence-corrected chi connectivity index (χ4v) is 6.66. The molecule has 7 N–H and O–H groups in total. The molecule has 0 aliphatic carbocycles. The van der Waals surface area contributed by atoms with E-state index in [0.29, 0.717) is 83.8 Å². The number of carbonyl (C=O) groups is 5. The summed E-state index contributed by atoms with van der Waals surface area (Å²) in [5.74, 6) is -5.20. The van der Waals surface area contributed by atoms with Gasteiger partial charge in [-0.1, -0.05) is 0 Å². The van der Waals surface area contributed by atoms with Crippen LogP contribution < -0.4 is 0 Å². The number of rotatable bonds is 14. The number of aromatic nitrogens is 4. The summed E-state index contributed by atoms with van der Waals surface area (Å²) in [5.41, 5.74) is 8.86. The van der Waals surface area contributed by atoms with E-state index in [1.54, 1.807) is 31.2 Å². The number of carboxylic acids is 5. The van der Waals surface area contributed by atoms with Crippen LogP contribution in [0.15, 0.2) is 24.3 Å². The molecule has 3 aromatic rings. The average Bonchev–Trinajstić information content (AvgIpc) is 3.70. The molecule has 14 heteroatoms. The molecule has 51 heavy (non-hydrogen) atoms. The molecule has 0 aromatic carbocycles. The summed E-state index contributed by atoms with van der Waals surface area (Å²) in [6, 6.07) is 6.90. The molecule has 5 rings (SSSR count). The largest absolute Gasteiger partial charge is 0.481 e. The van der Waals surface area contributed by atoms with Gasteiger partial charge >= 0.3 is 29.8 Å². The lowest BCUT2D eigenvalue weighted by atomic mass is 9.98. The van der Waals surface area contributed by atoms with Gasteiger partial charge in [0.15, 0.2) is 0 Å². The molecule has 0 spiro atoms. The SMILES string of the molecule is CC1=C(CCC(=O)O)c2cc3[15nH]c(cc4[15nH]c(cc5[15n]c(cc1[15n]2)C(C)=C5CCC(=O)O)c(CC(=O)O)c4CCC(=O)O)c(C)c3CCC(=O)O. The van der Waals surface area contributed by atoms with E-state index in [2.05, 4.69) is 9.97 Å². The van der Waals surface area contributed by atoms with Crippen molar-refractivity contribution in [2.24, 2.45) is 0 Å². The summed E-state index contributed by atoms with van der Waals surface area (Å²) in [7, 11) is 0. The molecular weight excluding hydrogens is 664 g/mol. The molecule has 0 saturated carbocycles. The number of nitrogens with zero attached hydrogens (tertiary/aromatic N) is 2. The summed E-state index contributed by atoms with van der Waals surface area (Å²) < 4.78 is 0. The summed E-state index contributed by atoms with van der Waals surface area (Å²) in [6.45, 7) is 5.46. The Labute approximate surface area is 291 Å². The molecule has 0 saturated heterocycles. The molecule has 0 fully saturated rings. The van der Waals surface area contributed by atoms with Gasteiger partial charge in [-0.3, -0.25) is 24.0 Å². The van der Waals surface area contributed by atoms with E-state index in [1.807, 2.05) is 13.8 Å². The number of hydrogen-bond donors (Lipinski definition) is 7. The van der Waals surface area contributed by atoms with Crippen LogP contribution in [0.1, 0.15) is 97.4 Å². The number of hydrogen-bond acceptors (Lipinski definition) is 7. The van der Waals surface area contributed by atoms with Crippen LogP contribution in [0.2, 0.25) is 0 Å². The number of aryl methyl sites for hydroxylation is 3. The zero-order valence-electron chi connectivity index (χ0n) is 28.3. The van der Waals surface area contributed by atoms with Crippen LogP contribution in [0.5, 0.6) is 0 Å². The van der Waals surface area contributed by atoms with Crippen LogP contribution in [0, 0.1) is 6.92 Å². The quantitative estimate of drug-likeness (QED) is 0.104. The summed E-state index contributed by atoms with van der Waals surface area (Å²) in [4.78, 5) is 75.2. The highest BCUT2D eigenvalue weighted by atomic mass is 16.4. The fraction of sp³-hybridized carbons (Fsp3) is 0.324. The third kappa shape index (κ3) is 8.06. The van der Waals surface area contributed by atoms with Crippen molar-refractivity contribution in [2.45, 2.75) is 78.6 Å². The minimum absolute atomic E-state index is 0.00321. The Hall–Kier alpha value is -6.05. The fourth-order valence-electron chi connectivity index (χ4n) is 6.66. The lowest BCUT2D eigenvalue weighted by Gasteiger charge is -2.04. The summed E-state index contributed by atoms with van der Waals surface area (Å²) in [6.07, 6.45) is -0.740. The maximum atomic E-state index is 12.2. The third-order valence-electron chi connectivity index (χ3n) is 9.32. The van der Waals surface area contributed by atoms with Crippen LogP contribution >= 0.6 is 0 Å². The molecule has 2 aliphatic heterocycles. The molecule has 0 atom stereocenters. The first-order chi connectivity index (χ1) is 24.1. The van der Waals surface area contributed by atoms with Gasteiger partial charge in [0.1, 0.15) is 0 Å². The van der Waals surface area contributed by atoms with E-state index in [1.165, 1.54) is 0 Å². The van der Waals surface area contributed by atoms with E-state index >= 15 is 0 Å². The van der Waals surface area contributed by atoms with Crippen molar-refractivity contribution < 1.29 is 49.5 Å². The molecule has 3 aromatic heterocycles. The van der Waals surface area contributed by atoms with Crippen molar-refractivity contribution in [3.8, 4) is 0 Å². The van der Waals surface area contributed by atoms with E-state index in [-0.39, 0.29) is 51.4 Å². The van der Waals surface area contributed by atoms with Gasteiger partial charge < -0.3 is 35.5 Å². The molecule has 0 radical (unpaired) electrons. The van der Waals surface area contributed by atoms with Crippen molar-refractivity contribution in [1.82, 2.24) is 19.9 Å². The van der Waals surface area contributed by atoms with Crippen molar-refractivity contribution in [3.05, 3.63) is 69.3 Å². The van der Waals surface area contributed by atoms with Crippen LogP contribution in [0.4, 0.5) is 0 Å². The topological polar surface area (TPSA) is 244 Å². The minimum Gasteiger partial charge on any atom is -0.481 e. The molecule has 14 nitrogen and oxygen atoms in total. The Morgan fingerprint density at radius 2 is 0.902 bits per heavy atom. The van der Waals surface area contributed by atoms with Crippen molar-refractivity contribution >= 4 is 74.2 Å². The standard InChI is InChI=1S/C37H38N4O10/c1-17-20(4-8-33(42)43)28-15-29-22(6-10-35(46)47)19(3)27(40-29)14-31-23(7-11-36(48)49)24(12-37(50)51)32(41-31)16-30-21(5-9-34(44)45)18(2)26(39-30)13-25(17)38-28/h13-16,40-41H,4-12H2,1-3H3,(H,42,43)(H,44,45)(H,46,47)(H,48,49)(H,50,51)/i38+1,39+1,40+1,41+1. The van der Waals surface area contributed by atoms with Gasteiger partial charge in [0.05, 0.1) is 29.2 Å². The van der Waals surface area contributed by atoms with Gasteiger partial charge in [-0.05, 0) is 115 Å². The molecule has 8 bridgehead atoms. The molecular formula is C37H38N4O10. The number of H-pyrrole nitrogens is 2. The van der Waals surface area contributed by atoms with Gasteiger partial charge in [0.25, 0.3) is 0 Å². The number of allylic oxidation sites excluding steroid dienone is 4. The number of fused-ring (bicyclic) bond motifs is 8. The van der Waals surface area contributed by atoms with Gasteiger partial charge in [0.2, 0.25) is 0 Å². The number of carboxylic acid groups (broad SMARTS) is 5. The van der Waals surface area contributed by atoms with E-state index < -0.39 is 36.3 Å². The van der Waals surface area contributed by atoms with Gasteiger partial charge in [0, 0.05) is 47.8 Å². The highest BCUT2D eigenvalue weighted by Crippen LogP contribution is 2.38. The maximum absolute atomic E-state index is 12.2. The van der Waals surface area contributed by atoms with Gasteiger partial charge in [-0.2, -0.15) is 0 Å². The molecule has 0 unspecified atom stereocenters. The molecule has 5 heterocycles. The van der Waals surface area contributed by atoms with Crippen LogP contribution in [0.25, 0.3) is 44.4 Å². The van der Waals surface area contributed by atoms with Crippen LogP contribution in [0.3, 0.4) is 0 Å². The second-order valence-corrected chi connectivity index (χ2v) is 12.7. The summed E-state index contributed by atoms with van der Waals surface area (Å²) in [5, 5.41) is 48.1. The van der Waals surface area contributed by atoms with Crippen molar-refractivity contribution in [2.75, 3.05) is 0 Å². The molecule has 2 aliphatic rings.